The van der Waals surface area contributed by atoms with E-state index < -0.39 is 0 Å². The second-order valence-electron chi connectivity index (χ2n) is 3.67. The molecule has 0 aliphatic carbocycles. The SMILES string of the molecule is N#Cc1ccnc(OC2CN(C(=O)CCl)C2)c1. The van der Waals surface area contributed by atoms with Gasteiger partial charge in [0.25, 0.3) is 0 Å². The third-order valence-electron chi connectivity index (χ3n) is 2.47. The van der Waals surface area contributed by atoms with E-state index in [1.54, 1.807) is 17.0 Å². The highest BCUT2D eigenvalue weighted by molar-refractivity contribution is 6.27. The third-order valence-corrected chi connectivity index (χ3v) is 2.70. The van der Waals surface area contributed by atoms with Gasteiger partial charge >= 0.3 is 0 Å². The molecule has 1 aliphatic heterocycles. The highest BCUT2D eigenvalue weighted by Gasteiger charge is 2.31. The Hall–Kier alpha value is -1.80. The number of nitrogens with zero attached hydrogens (tertiary/aromatic N) is 3. The first-order chi connectivity index (χ1) is 8.22. The molecule has 0 radical (unpaired) electrons. The lowest BCUT2D eigenvalue weighted by Crippen LogP contribution is -2.56. The number of amides is 1. The molecular formula is C11H10ClN3O2. The van der Waals surface area contributed by atoms with E-state index in [9.17, 15) is 4.79 Å². The Bertz CT molecular complexity index is 466. The summed E-state index contributed by atoms with van der Waals surface area (Å²) in [5.74, 6) is 0.312. The van der Waals surface area contributed by atoms with E-state index in [1.807, 2.05) is 6.07 Å². The molecule has 0 atom stereocenters. The number of alkyl halides is 1. The molecule has 1 aromatic rings. The number of pyridine rings is 1. The topological polar surface area (TPSA) is 66.2 Å². The van der Waals surface area contributed by atoms with E-state index in [1.165, 1.54) is 6.20 Å². The van der Waals surface area contributed by atoms with Gasteiger partial charge in [-0.05, 0) is 6.07 Å². The number of rotatable bonds is 3. The van der Waals surface area contributed by atoms with Crippen molar-refractivity contribution < 1.29 is 9.53 Å². The van der Waals surface area contributed by atoms with Crippen LogP contribution in [0.5, 0.6) is 5.88 Å². The second-order valence-corrected chi connectivity index (χ2v) is 3.93. The molecule has 6 heteroatoms. The molecule has 1 amide bonds. The van der Waals surface area contributed by atoms with Crippen LogP contribution in [0.3, 0.4) is 0 Å². The summed E-state index contributed by atoms with van der Waals surface area (Å²) in [5, 5.41) is 8.71. The van der Waals surface area contributed by atoms with Gasteiger partial charge < -0.3 is 9.64 Å². The van der Waals surface area contributed by atoms with Crippen LogP contribution in [0.25, 0.3) is 0 Å². The van der Waals surface area contributed by atoms with Crippen molar-refractivity contribution in [3.63, 3.8) is 0 Å². The molecular weight excluding hydrogens is 242 g/mol. The summed E-state index contributed by atoms with van der Waals surface area (Å²) in [5.41, 5.74) is 0.503. The van der Waals surface area contributed by atoms with Gasteiger partial charge in [0.05, 0.1) is 24.7 Å². The largest absolute Gasteiger partial charge is 0.471 e. The van der Waals surface area contributed by atoms with Gasteiger partial charge in [-0.2, -0.15) is 5.26 Å². The van der Waals surface area contributed by atoms with Crippen molar-refractivity contribution in [1.29, 1.82) is 5.26 Å². The maximum Gasteiger partial charge on any atom is 0.237 e. The molecule has 1 fully saturated rings. The van der Waals surface area contributed by atoms with Crippen LogP contribution in [-0.2, 0) is 4.79 Å². The maximum atomic E-state index is 11.2. The zero-order chi connectivity index (χ0) is 12.3. The van der Waals surface area contributed by atoms with E-state index in [0.29, 0.717) is 24.5 Å². The Morgan fingerprint density at radius 2 is 2.47 bits per heavy atom. The molecule has 88 valence electrons. The van der Waals surface area contributed by atoms with Crippen LogP contribution >= 0.6 is 11.6 Å². The van der Waals surface area contributed by atoms with Crippen molar-refractivity contribution in [2.75, 3.05) is 19.0 Å². The predicted octanol–water partition coefficient (Wildman–Crippen LogP) is 0.782. The molecule has 0 spiro atoms. The van der Waals surface area contributed by atoms with Crippen LogP contribution in [0.15, 0.2) is 18.3 Å². The number of likely N-dealkylation sites (tertiary alicyclic amines) is 1. The molecule has 1 aromatic heterocycles. The summed E-state index contributed by atoms with van der Waals surface area (Å²) in [6.07, 6.45) is 1.46. The summed E-state index contributed by atoms with van der Waals surface area (Å²) in [6.45, 7) is 1.04. The molecule has 0 unspecified atom stereocenters. The molecule has 0 N–H and O–H groups in total. The lowest BCUT2D eigenvalue weighted by Gasteiger charge is -2.38. The van der Waals surface area contributed by atoms with Crippen molar-refractivity contribution in [2.24, 2.45) is 0 Å². The molecule has 2 heterocycles. The lowest BCUT2D eigenvalue weighted by molar-refractivity contribution is -0.137. The van der Waals surface area contributed by atoms with Crippen LogP contribution in [-0.4, -0.2) is 40.9 Å². The van der Waals surface area contributed by atoms with Crippen LogP contribution in [0.2, 0.25) is 0 Å². The van der Waals surface area contributed by atoms with Gasteiger partial charge in [0.1, 0.15) is 12.0 Å². The minimum Gasteiger partial charge on any atom is -0.471 e. The van der Waals surface area contributed by atoms with Crippen LogP contribution in [0.1, 0.15) is 5.56 Å². The average Bonchev–Trinajstić information content (AvgIpc) is 2.32. The van der Waals surface area contributed by atoms with Gasteiger partial charge in [-0.1, -0.05) is 0 Å². The number of halogens is 1. The first kappa shape index (κ1) is 11.7. The second kappa shape index (κ2) is 5.02. The molecule has 0 aromatic carbocycles. The van der Waals surface area contributed by atoms with Crippen molar-refractivity contribution in [1.82, 2.24) is 9.88 Å². The summed E-state index contributed by atoms with van der Waals surface area (Å²) in [4.78, 5) is 16.8. The Morgan fingerprint density at radius 1 is 1.71 bits per heavy atom. The molecule has 2 rings (SSSR count). The van der Waals surface area contributed by atoms with Gasteiger partial charge in [-0.25, -0.2) is 4.98 Å². The van der Waals surface area contributed by atoms with E-state index in [2.05, 4.69) is 4.98 Å². The highest BCUT2D eigenvalue weighted by atomic mass is 35.5. The highest BCUT2D eigenvalue weighted by Crippen LogP contribution is 2.17. The normalized spacial score (nSPS) is 14.9. The van der Waals surface area contributed by atoms with Gasteiger partial charge in [0.15, 0.2) is 0 Å². The van der Waals surface area contributed by atoms with Gasteiger partial charge in [-0.3, -0.25) is 4.79 Å². The van der Waals surface area contributed by atoms with Crippen molar-refractivity contribution in [2.45, 2.75) is 6.10 Å². The Labute approximate surface area is 104 Å². The van der Waals surface area contributed by atoms with Crippen LogP contribution < -0.4 is 4.74 Å². The zero-order valence-corrected chi connectivity index (χ0v) is 9.72. The van der Waals surface area contributed by atoms with Crippen molar-refractivity contribution in [3.8, 4) is 11.9 Å². The first-order valence-corrected chi connectivity index (χ1v) is 5.63. The zero-order valence-electron chi connectivity index (χ0n) is 8.97. The number of carbonyl (C=O) groups excluding carboxylic acids is 1. The number of hydrogen-bond donors (Lipinski definition) is 0. The average molecular weight is 252 g/mol. The summed E-state index contributed by atoms with van der Waals surface area (Å²) in [7, 11) is 0. The third kappa shape index (κ3) is 2.66. The summed E-state index contributed by atoms with van der Waals surface area (Å²) in [6, 6.07) is 5.19. The fourth-order valence-electron chi connectivity index (χ4n) is 1.52. The predicted molar refractivity (Wildman–Crippen MR) is 60.7 cm³/mol. The fourth-order valence-corrected chi connectivity index (χ4v) is 1.68. The standard InChI is InChI=1S/C11H10ClN3O2/c12-4-11(16)15-6-9(7-15)17-10-3-8(5-13)1-2-14-10/h1-3,9H,4,6-7H2. The monoisotopic (exact) mass is 251 g/mol. The molecule has 17 heavy (non-hydrogen) atoms. The number of hydrogen-bond acceptors (Lipinski definition) is 4. The summed E-state index contributed by atoms with van der Waals surface area (Å²) < 4.78 is 5.52. The van der Waals surface area contributed by atoms with Crippen molar-refractivity contribution in [3.05, 3.63) is 23.9 Å². The van der Waals surface area contributed by atoms with E-state index in [0.717, 1.165) is 0 Å². The Morgan fingerprint density at radius 3 is 3.12 bits per heavy atom. The number of carbonyl (C=O) groups is 1. The molecule has 0 bridgehead atoms. The fraction of sp³-hybridized carbons (Fsp3) is 0.364. The Kier molecular flexibility index (Phi) is 3.45. The molecule has 0 saturated carbocycles. The molecule has 1 saturated heterocycles. The van der Waals surface area contributed by atoms with E-state index in [4.69, 9.17) is 21.6 Å². The number of aromatic nitrogens is 1. The Balaban J connectivity index is 1.88. The number of nitriles is 1. The lowest BCUT2D eigenvalue weighted by atomic mass is 10.1. The minimum absolute atomic E-state index is 0.00507. The smallest absolute Gasteiger partial charge is 0.237 e. The van der Waals surface area contributed by atoms with Crippen LogP contribution in [0, 0.1) is 11.3 Å². The van der Waals surface area contributed by atoms with Gasteiger partial charge in [0, 0.05) is 12.3 Å². The van der Waals surface area contributed by atoms with Gasteiger partial charge in [0.2, 0.25) is 11.8 Å². The van der Waals surface area contributed by atoms with Crippen LogP contribution in [0.4, 0.5) is 0 Å². The van der Waals surface area contributed by atoms with E-state index in [-0.39, 0.29) is 17.9 Å². The first-order valence-electron chi connectivity index (χ1n) is 5.09. The van der Waals surface area contributed by atoms with Gasteiger partial charge in [-0.15, -0.1) is 11.6 Å². The van der Waals surface area contributed by atoms with E-state index >= 15 is 0 Å². The molecule has 5 nitrogen and oxygen atoms in total. The summed E-state index contributed by atoms with van der Waals surface area (Å²) >= 11 is 5.43. The van der Waals surface area contributed by atoms with Crippen molar-refractivity contribution >= 4 is 17.5 Å². The maximum absolute atomic E-state index is 11.2. The molecule has 1 aliphatic rings. The minimum atomic E-state index is -0.0924. The number of ether oxygens (including phenoxy) is 1. The quantitative estimate of drug-likeness (QED) is 0.745.